The number of rotatable bonds is 5. The SMILES string of the molecule is CCOC(=O)C1CCCN(C(=O)CN2CCCN(c3ccc(C(F)(F)F)cn3)CC2)C1. The Hall–Kier alpha value is -2.36. The third-order valence-electron chi connectivity index (χ3n) is 5.74. The minimum Gasteiger partial charge on any atom is -0.466 e. The van der Waals surface area contributed by atoms with Crippen molar-refractivity contribution in [3.63, 3.8) is 0 Å². The van der Waals surface area contributed by atoms with E-state index >= 15 is 0 Å². The smallest absolute Gasteiger partial charge is 0.417 e. The van der Waals surface area contributed by atoms with E-state index in [0.717, 1.165) is 38.1 Å². The molecule has 1 atom stereocenters. The summed E-state index contributed by atoms with van der Waals surface area (Å²) in [5, 5.41) is 0. The standard InChI is InChI=1S/C21H29F3N4O3/c1-2-31-20(30)16-5-3-9-28(14-16)19(29)15-26-8-4-10-27(12-11-26)18-7-6-17(13-25-18)21(22,23)24/h6-7,13,16H,2-5,8-12,14-15H2,1H3. The fourth-order valence-electron chi connectivity index (χ4n) is 4.05. The Bertz CT molecular complexity index is 757. The van der Waals surface area contributed by atoms with Crippen molar-refractivity contribution in [2.75, 3.05) is 57.3 Å². The lowest BCUT2D eigenvalue weighted by Crippen LogP contribution is -2.47. The van der Waals surface area contributed by atoms with Crippen molar-refractivity contribution in [3.8, 4) is 0 Å². The maximum absolute atomic E-state index is 12.8. The molecule has 0 spiro atoms. The van der Waals surface area contributed by atoms with Gasteiger partial charge in [0.15, 0.2) is 0 Å². The maximum atomic E-state index is 12.8. The Morgan fingerprint density at radius 2 is 1.94 bits per heavy atom. The van der Waals surface area contributed by atoms with Gasteiger partial charge in [-0.2, -0.15) is 13.2 Å². The lowest BCUT2D eigenvalue weighted by atomic mass is 9.98. The molecule has 2 fully saturated rings. The fraction of sp³-hybridized carbons (Fsp3) is 0.667. The average Bonchev–Trinajstić information content (AvgIpc) is 2.99. The third kappa shape index (κ3) is 6.32. The van der Waals surface area contributed by atoms with Gasteiger partial charge in [0, 0.05) is 45.5 Å². The van der Waals surface area contributed by atoms with E-state index in [0.29, 0.717) is 45.1 Å². The zero-order valence-electron chi connectivity index (χ0n) is 17.7. The number of hydrogen-bond acceptors (Lipinski definition) is 6. The Morgan fingerprint density at radius 1 is 1.13 bits per heavy atom. The average molecular weight is 442 g/mol. The normalized spacial score (nSPS) is 21.0. The molecule has 7 nitrogen and oxygen atoms in total. The van der Waals surface area contributed by atoms with Crippen LogP contribution < -0.4 is 4.90 Å². The minimum atomic E-state index is -4.40. The molecule has 2 saturated heterocycles. The van der Waals surface area contributed by atoms with Gasteiger partial charge in [-0.1, -0.05) is 0 Å². The summed E-state index contributed by atoms with van der Waals surface area (Å²) in [6.07, 6.45) is -1.24. The van der Waals surface area contributed by atoms with E-state index in [1.165, 1.54) is 6.07 Å². The number of carbonyl (C=O) groups excluding carboxylic acids is 2. The van der Waals surface area contributed by atoms with Gasteiger partial charge in [0.05, 0.1) is 24.6 Å². The van der Waals surface area contributed by atoms with Gasteiger partial charge in [0.25, 0.3) is 0 Å². The van der Waals surface area contributed by atoms with E-state index in [4.69, 9.17) is 4.74 Å². The Kier molecular flexibility index (Phi) is 7.74. The van der Waals surface area contributed by atoms with Crippen LogP contribution in [0.3, 0.4) is 0 Å². The number of amides is 1. The van der Waals surface area contributed by atoms with E-state index in [1.54, 1.807) is 11.8 Å². The molecule has 0 bridgehead atoms. The van der Waals surface area contributed by atoms with Crippen molar-refractivity contribution < 1.29 is 27.5 Å². The molecule has 0 N–H and O–H groups in total. The quantitative estimate of drug-likeness (QED) is 0.653. The number of piperidine rings is 1. The number of pyridine rings is 1. The minimum absolute atomic E-state index is 0.00453. The van der Waals surface area contributed by atoms with Gasteiger partial charge in [-0.05, 0) is 38.3 Å². The third-order valence-corrected chi connectivity index (χ3v) is 5.74. The number of halogens is 3. The monoisotopic (exact) mass is 442 g/mol. The number of hydrogen-bond donors (Lipinski definition) is 0. The molecule has 172 valence electrons. The summed E-state index contributed by atoms with van der Waals surface area (Å²) in [6, 6.07) is 2.44. The van der Waals surface area contributed by atoms with Crippen LogP contribution in [0.4, 0.5) is 19.0 Å². The zero-order chi connectivity index (χ0) is 22.4. The van der Waals surface area contributed by atoms with Crippen molar-refractivity contribution in [2.45, 2.75) is 32.4 Å². The number of nitrogens with zero attached hydrogens (tertiary/aromatic N) is 4. The number of esters is 1. The maximum Gasteiger partial charge on any atom is 0.417 e. The molecule has 1 aromatic rings. The summed E-state index contributed by atoms with van der Waals surface area (Å²) in [6.45, 7) is 5.99. The fourth-order valence-corrected chi connectivity index (χ4v) is 4.05. The highest BCUT2D eigenvalue weighted by Gasteiger charge is 2.32. The first-order chi connectivity index (χ1) is 14.8. The highest BCUT2D eigenvalue weighted by Crippen LogP contribution is 2.29. The molecule has 2 aliphatic heterocycles. The predicted molar refractivity (Wildman–Crippen MR) is 108 cm³/mol. The van der Waals surface area contributed by atoms with Gasteiger partial charge < -0.3 is 14.5 Å². The second-order valence-corrected chi connectivity index (χ2v) is 7.95. The van der Waals surface area contributed by atoms with Crippen molar-refractivity contribution in [3.05, 3.63) is 23.9 Å². The second-order valence-electron chi connectivity index (χ2n) is 7.95. The van der Waals surface area contributed by atoms with Crippen LogP contribution in [0.1, 0.15) is 31.7 Å². The van der Waals surface area contributed by atoms with Gasteiger partial charge in [0.2, 0.25) is 5.91 Å². The molecule has 1 aromatic heterocycles. The summed E-state index contributed by atoms with van der Waals surface area (Å²) in [4.78, 5) is 34.5. The van der Waals surface area contributed by atoms with Gasteiger partial charge >= 0.3 is 12.1 Å². The number of likely N-dealkylation sites (tertiary alicyclic amines) is 1. The van der Waals surface area contributed by atoms with Gasteiger partial charge in [0.1, 0.15) is 5.82 Å². The summed E-state index contributed by atoms with van der Waals surface area (Å²) in [5.74, 6) is 0.00191. The second kappa shape index (κ2) is 10.3. The van der Waals surface area contributed by atoms with Crippen LogP contribution in [-0.2, 0) is 20.5 Å². The zero-order valence-corrected chi connectivity index (χ0v) is 17.7. The molecule has 31 heavy (non-hydrogen) atoms. The molecular weight excluding hydrogens is 413 g/mol. The van der Waals surface area contributed by atoms with E-state index in [-0.39, 0.29) is 24.3 Å². The Morgan fingerprint density at radius 3 is 2.61 bits per heavy atom. The number of carbonyl (C=O) groups is 2. The van der Waals surface area contributed by atoms with Crippen LogP contribution in [0, 0.1) is 5.92 Å². The first-order valence-corrected chi connectivity index (χ1v) is 10.7. The van der Waals surface area contributed by atoms with Crippen LogP contribution in [0.2, 0.25) is 0 Å². The molecule has 0 saturated carbocycles. The molecule has 2 aliphatic rings. The molecule has 0 radical (unpaired) electrons. The molecule has 10 heteroatoms. The first kappa shape index (κ1) is 23.3. The lowest BCUT2D eigenvalue weighted by Gasteiger charge is -2.33. The first-order valence-electron chi connectivity index (χ1n) is 10.7. The van der Waals surface area contributed by atoms with E-state index < -0.39 is 11.7 Å². The van der Waals surface area contributed by atoms with Gasteiger partial charge in [-0.25, -0.2) is 4.98 Å². The Balaban J connectivity index is 1.51. The van der Waals surface area contributed by atoms with Gasteiger partial charge in [-0.15, -0.1) is 0 Å². The molecule has 0 aromatic carbocycles. The summed E-state index contributed by atoms with van der Waals surface area (Å²) < 4.78 is 43.3. The lowest BCUT2D eigenvalue weighted by molar-refractivity contribution is -0.151. The molecular formula is C21H29F3N4O3. The molecule has 1 unspecified atom stereocenters. The van der Waals surface area contributed by atoms with Crippen molar-refractivity contribution in [2.24, 2.45) is 5.92 Å². The molecule has 3 heterocycles. The largest absolute Gasteiger partial charge is 0.466 e. The highest BCUT2D eigenvalue weighted by atomic mass is 19.4. The number of aromatic nitrogens is 1. The highest BCUT2D eigenvalue weighted by molar-refractivity contribution is 5.80. The summed E-state index contributed by atoms with van der Waals surface area (Å²) in [7, 11) is 0. The van der Waals surface area contributed by atoms with E-state index in [2.05, 4.69) is 9.88 Å². The molecule has 0 aliphatic carbocycles. The van der Waals surface area contributed by atoms with E-state index in [1.807, 2.05) is 4.90 Å². The number of ether oxygens (including phenoxy) is 1. The van der Waals surface area contributed by atoms with Crippen LogP contribution in [0.5, 0.6) is 0 Å². The van der Waals surface area contributed by atoms with Crippen LogP contribution in [0.25, 0.3) is 0 Å². The van der Waals surface area contributed by atoms with Crippen molar-refractivity contribution in [1.29, 1.82) is 0 Å². The topological polar surface area (TPSA) is 66.0 Å². The number of alkyl halides is 3. The number of anilines is 1. The van der Waals surface area contributed by atoms with Crippen molar-refractivity contribution >= 4 is 17.7 Å². The molecule has 1 amide bonds. The predicted octanol–water partition coefficient (Wildman–Crippen LogP) is 2.41. The summed E-state index contributed by atoms with van der Waals surface area (Å²) >= 11 is 0. The van der Waals surface area contributed by atoms with Crippen molar-refractivity contribution in [1.82, 2.24) is 14.8 Å². The van der Waals surface area contributed by atoms with E-state index in [9.17, 15) is 22.8 Å². The van der Waals surface area contributed by atoms with Crippen LogP contribution >= 0.6 is 0 Å². The molecule has 3 rings (SSSR count). The van der Waals surface area contributed by atoms with Crippen LogP contribution in [-0.4, -0.2) is 79.1 Å². The van der Waals surface area contributed by atoms with Crippen LogP contribution in [0.15, 0.2) is 18.3 Å². The summed E-state index contributed by atoms with van der Waals surface area (Å²) in [5.41, 5.74) is -0.763. The Labute approximate surface area is 180 Å². The van der Waals surface area contributed by atoms with Gasteiger partial charge in [-0.3, -0.25) is 14.5 Å².